The number of anilines is 1. The quantitative estimate of drug-likeness (QED) is 0.854. The molecular weight excluding hydrogens is 352 g/mol. The molecule has 2 unspecified atom stereocenters. The molecule has 138 valence electrons. The Labute approximate surface area is 153 Å². The number of hydrogen-bond donors (Lipinski definition) is 1. The lowest BCUT2D eigenvalue weighted by Crippen LogP contribution is -2.34. The predicted octanol–water partition coefficient (Wildman–Crippen LogP) is 1.59. The molecule has 1 amide bonds. The summed E-state index contributed by atoms with van der Waals surface area (Å²) >= 11 is 0. The minimum absolute atomic E-state index is 0.111. The molecule has 1 aliphatic heterocycles. The second kappa shape index (κ2) is 7.41. The van der Waals surface area contributed by atoms with Gasteiger partial charge in [0.2, 0.25) is 0 Å². The average molecular weight is 374 g/mol. The van der Waals surface area contributed by atoms with E-state index in [1.165, 1.54) is 6.33 Å². The number of sulfone groups is 1. The van der Waals surface area contributed by atoms with Crippen LogP contribution in [-0.2, 0) is 9.84 Å². The maximum Gasteiger partial charge on any atom is 0.270 e. The van der Waals surface area contributed by atoms with E-state index in [1.54, 1.807) is 13.1 Å². The Kier molecular flexibility index (Phi) is 5.22. The van der Waals surface area contributed by atoms with Gasteiger partial charge in [-0.25, -0.2) is 18.4 Å². The molecule has 0 bridgehead atoms. The molecule has 2 aromatic rings. The molecule has 1 aromatic heterocycles. The van der Waals surface area contributed by atoms with Crippen molar-refractivity contribution in [2.45, 2.75) is 25.4 Å². The minimum atomic E-state index is -2.99. The fourth-order valence-electron chi connectivity index (χ4n) is 3.03. The van der Waals surface area contributed by atoms with Crippen LogP contribution < -0.4 is 10.2 Å². The van der Waals surface area contributed by atoms with Crippen molar-refractivity contribution in [3.63, 3.8) is 0 Å². The van der Waals surface area contributed by atoms with E-state index in [0.717, 1.165) is 5.56 Å². The first-order valence-electron chi connectivity index (χ1n) is 8.47. The van der Waals surface area contributed by atoms with Gasteiger partial charge >= 0.3 is 0 Å². The van der Waals surface area contributed by atoms with E-state index >= 15 is 0 Å². The first-order chi connectivity index (χ1) is 12.4. The van der Waals surface area contributed by atoms with Gasteiger partial charge in [-0.15, -0.1) is 0 Å². The highest BCUT2D eigenvalue weighted by molar-refractivity contribution is 7.91. The number of aromatic nitrogens is 2. The molecule has 26 heavy (non-hydrogen) atoms. The standard InChI is InChI=1S/C18H22N4O3S/c1-13(14-6-4-3-5-7-14)21-18(23)16-10-17(20-12-19-16)22(2)15-8-9-26(24,25)11-15/h3-7,10,12-13,15H,8-9,11H2,1-2H3,(H,21,23). The van der Waals surface area contributed by atoms with Crippen LogP contribution in [0, 0.1) is 0 Å². The Morgan fingerprint density at radius 3 is 2.65 bits per heavy atom. The van der Waals surface area contributed by atoms with Crippen LogP contribution in [0.25, 0.3) is 0 Å². The molecule has 2 heterocycles. The third kappa shape index (κ3) is 4.19. The van der Waals surface area contributed by atoms with Crippen LogP contribution in [0.3, 0.4) is 0 Å². The Morgan fingerprint density at radius 1 is 1.27 bits per heavy atom. The number of carbonyl (C=O) groups excluding carboxylic acids is 1. The van der Waals surface area contributed by atoms with Gasteiger partial charge in [0.05, 0.1) is 17.5 Å². The number of carbonyl (C=O) groups is 1. The maximum atomic E-state index is 12.5. The lowest BCUT2D eigenvalue weighted by atomic mass is 10.1. The number of nitrogens with zero attached hydrogens (tertiary/aromatic N) is 3. The van der Waals surface area contributed by atoms with Crippen molar-refractivity contribution < 1.29 is 13.2 Å². The average Bonchev–Trinajstić information content (AvgIpc) is 3.01. The molecule has 1 saturated heterocycles. The normalized spacial score (nSPS) is 19.7. The summed E-state index contributed by atoms with van der Waals surface area (Å²) in [7, 11) is -1.19. The third-order valence-electron chi connectivity index (χ3n) is 4.65. The van der Waals surface area contributed by atoms with Gasteiger partial charge in [-0.3, -0.25) is 4.79 Å². The largest absolute Gasteiger partial charge is 0.356 e. The van der Waals surface area contributed by atoms with Crippen LogP contribution in [0.15, 0.2) is 42.7 Å². The van der Waals surface area contributed by atoms with E-state index in [1.807, 2.05) is 42.2 Å². The van der Waals surface area contributed by atoms with E-state index in [0.29, 0.717) is 12.2 Å². The maximum absolute atomic E-state index is 12.5. The van der Waals surface area contributed by atoms with E-state index in [4.69, 9.17) is 0 Å². The third-order valence-corrected chi connectivity index (χ3v) is 6.40. The summed E-state index contributed by atoms with van der Waals surface area (Å²) in [6, 6.07) is 11.0. The minimum Gasteiger partial charge on any atom is -0.356 e. The van der Waals surface area contributed by atoms with Crippen molar-refractivity contribution in [2.75, 3.05) is 23.5 Å². The molecule has 0 radical (unpaired) electrons. The summed E-state index contributed by atoms with van der Waals surface area (Å²) in [6.45, 7) is 1.91. The first kappa shape index (κ1) is 18.3. The van der Waals surface area contributed by atoms with Crippen LogP contribution in [0.2, 0.25) is 0 Å². The molecule has 3 rings (SSSR count). The number of nitrogens with one attached hydrogen (secondary N) is 1. The molecule has 0 aliphatic carbocycles. The van der Waals surface area contributed by atoms with Crippen LogP contribution >= 0.6 is 0 Å². The fraction of sp³-hybridized carbons (Fsp3) is 0.389. The van der Waals surface area contributed by atoms with Crippen molar-refractivity contribution in [3.05, 3.63) is 54.0 Å². The van der Waals surface area contributed by atoms with Crippen molar-refractivity contribution in [1.29, 1.82) is 0 Å². The molecule has 1 fully saturated rings. The summed E-state index contributed by atoms with van der Waals surface area (Å²) in [5.74, 6) is 0.548. The van der Waals surface area contributed by atoms with Crippen molar-refractivity contribution in [1.82, 2.24) is 15.3 Å². The van der Waals surface area contributed by atoms with Gasteiger partial charge < -0.3 is 10.2 Å². The zero-order chi connectivity index (χ0) is 18.7. The van der Waals surface area contributed by atoms with E-state index in [9.17, 15) is 13.2 Å². The molecule has 1 aromatic carbocycles. The van der Waals surface area contributed by atoms with Gasteiger partial charge in [0, 0.05) is 19.2 Å². The Balaban J connectivity index is 1.71. The second-order valence-corrected chi connectivity index (χ2v) is 8.76. The molecule has 1 aliphatic rings. The lowest BCUT2D eigenvalue weighted by Gasteiger charge is -2.24. The highest BCUT2D eigenvalue weighted by atomic mass is 32.2. The van der Waals surface area contributed by atoms with Crippen LogP contribution in [0.5, 0.6) is 0 Å². The summed E-state index contributed by atoms with van der Waals surface area (Å²) in [6.07, 6.45) is 1.90. The molecule has 8 heteroatoms. The van der Waals surface area contributed by atoms with Crippen molar-refractivity contribution in [3.8, 4) is 0 Å². The van der Waals surface area contributed by atoms with Crippen molar-refractivity contribution in [2.24, 2.45) is 0 Å². The van der Waals surface area contributed by atoms with Gasteiger partial charge in [-0.2, -0.15) is 0 Å². The van der Waals surface area contributed by atoms with Gasteiger partial charge in [0.15, 0.2) is 9.84 Å². The zero-order valence-electron chi connectivity index (χ0n) is 14.8. The van der Waals surface area contributed by atoms with Crippen LogP contribution in [0.4, 0.5) is 5.82 Å². The highest BCUT2D eigenvalue weighted by Gasteiger charge is 2.31. The van der Waals surface area contributed by atoms with E-state index in [-0.39, 0.29) is 35.2 Å². The fourth-order valence-corrected chi connectivity index (χ4v) is 4.80. The molecule has 7 nitrogen and oxygen atoms in total. The van der Waals surface area contributed by atoms with Crippen LogP contribution in [0.1, 0.15) is 35.4 Å². The monoisotopic (exact) mass is 374 g/mol. The summed E-state index contributed by atoms with van der Waals surface area (Å²) in [5.41, 5.74) is 1.26. The molecule has 1 N–H and O–H groups in total. The zero-order valence-corrected chi connectivity index (χ0v) is 15.6. The smallest absolute Gasteiger partial charge is 0.270 e. The summed E-state index contributed by atoms with van der Waals surface area (Å²) in [4.78, 5) is 22.6. The topological polar surface area (TPSA) is 92.3 Å². The predicted molar refractivity (Wildman–Crippen MR) is 99.8 cm³/mol. The van der Waals surface area contributed by atoms with E-state index < -0.39 is 9.84 Å². The van der Waals surface area contributed by atoms with Gasteiger partial charge in [0.25, 0.3) is 5.91 Å². The number of benzene rings is 1. The SMILES string of the molecule is CC(NC(=O)c1cc(N(C)C2CCS(=O)(=O)C2)ncn1)c1ccccc1. The number of amides is 1. The summed E-state index contributed by atoms with van der Waals surface area (Å²) in [5, 5.41) is 2.92. The van der Waals surface area contributed by atoms with Gasteiger partial charge in [-0.1, -0.05) is 30.3 Å². The number of hydrogen-bond acceptors (Lipinski definition) is 6. The summed E-state index contributed by atoms with van der Waals surface area (Å²) < 4.78 is 23.4. The Hall–Kier alpha value is -2.48. The Bertz CT molecular complexity index is 886. The Morgan fingerprint density at radius 2 is 2.00 bits per heavy atom. The van der Waals surface area contributed by atoms with E-state index in [2.05, 4.69) is 15.3 Å². The van der Waals surface area contributed by atoms with Gasteiger partial charge in [0.1, 0.15) is 17.8 Å². The number of rotatable bonds is 5. The second-order valence-electron chi connectivity index (χ2n) is 6.54. The van der Waals surface area contributed by atoms with Gasteiger partial charge in [-0.05, 0) is 18.9 Å². The molecular formula is C18H22N4O3S. The van der Waals surface area contributed by atoms with Crippen LogP contribution in [-0.4, -0.2) is 48.9 Å². The molecule has 2 atom stereocenters. The molecule has 0 spiro atoms. The van der Waals surface area contributed by atoms with Crippen molar-refractivity contribution >= 4 is 21.6 Å². The highest BCUT2D eigenvalue weighted by Crippen LogP contribution is 2.21. The first-order valence-corrected chi connectivity index (χ1v) is 10.3. The molecule has 0 saturated carbocycles. The lowest BCUT2D eigenvalue weighted by molar-refractivity contribution is 0.0934.